The van der Waals surface area contributed by atoms with Gasteiger partial charge in [0.05, 0.1) is 23.3 Å². The molecule has 0 fully saturated rings. The van der Waals surface area contributed by atoms with E-state index in [0.717, 1.165) is 21.8 Å². The topological polar surface area (TPSA) is 54.4 Å². The highest BCUT2D eigenvalue weighted by Crippen LogP contribution is 2.18. The Labute approximate surface area is 144 Å². The van der Waals surface area contributed by atoms with Gasteiger partial charge in [0.1, 0.15) is 0 Å². The summed E-state index contributed by atoms with van der Waals surface area (Å²) in [5.74, 6) is -0.169. The molecule has 2 aromatic carbocycles. The van der Waals surface area contributed by atoms with E-state index in [1.165, 1.54) is 16.9 Å². The second kappa shape index (κ2) is 7.66. The Kier molecular flexibility index (Phi) is 5.13. The number of nitrogens with one attached hydrogen (secondary N) is 1. The molecule has 1 amide bonds. The Morgan fingerprint density at radius 2 is 1.83 bits per heavy atom. The van der Waals surface area contributed by atoms with Crippen LogP contribution in [-0.4, -0.2) is 17.1 Å². The van der Waals surface area contributed by atoms with Crippen LogP contribution in [0.25, 0.3) is 11.1 Å². The normalized spacial score (nSPS) is 10.9. The van der Waals surface area contributed by atoms with Gasteiger partial charge in [-0.3, -0.25) is 4.79 Å². The largest absolute Gasteiger partial charge is 0.273 e. The number of benzene rings is 2. The second-order valence-electron chi connectivity index (χ2n) is 5.32. The highest BCUT2D eigenvalue weighted by Gasteiger charge is 2.05. The minimum absolute atomic E-state index is 0.169. The fourth-order valence-corrected chi connectivity index (χ4v) is 2.88. The summed E-state index contributed by atoms with van der Waals surface area (Å²) in [5.41, 5.74) is 6.56. The molecule has 4 nitrogen and oxygen atoms in total. The van der Waals surface area contributed by atoms with E-state index in [-0.39, 0.29) is 12.3 Å². The molecule has 0 unspecified atom stereocenters. The Balaban J connectivity index is 1.56. The van der Waals surface area contributed by atoms with Crippen LogP contribution in [0.3, 0.4) is 0 Å². The van der Waals surface area contributed by atoms with E-state index >= 15 is 0 Å². The minimum Gasteiger partial charge on any atom is -0.273 e. The standard InChI is InChI=1S/C19H17N3OS/c1-14-21-18(13-24-14)11-19(23)22-20-12-15-7-9-17(10-8-15)16-5-3-2-4-6-16/h2-10,12-13H,11H2,1H3,(H,22,23)/b20-12+. The first kappa shape index (κ1) is 16.1. The maximum Gasteiger partial charge on any atom is 0.246 e. The average Bonchev–Trinajstić information content (AvgIpc) is 3.01. The van der Waals surface area contributed by atoms with E-state index < -0.39 is 0 Å². The summed E-state index contributed by atoms with van der Waals surface area (Å²) < 4.78 is 0. The number of hydrazone groups is 1. The summed E-state index contributed by atoms with van der Waals surface area (Å²) in [6.45, 7) is 1.92. The maximum atomic E-state index is 11.8. The molecular weight excluding hydrogens is 318 g/mol. The van der Waals surface area contributed by atoms with Crippen molar-refractivity contribution in [1.29, 1.82) is 0 Å². The van der Waals surface area contributed by atoms with Gasteiger partial charge in [-0.1, -0.05) is 54.6 Å². The fraction of sp³-hybridized carbons (Fsp3) is 0.105. The number of nitrogens with zero attached hydrogens (tertiary/aromatic N) is 2. The van der Waals surface area contributed by atoms with Crippen molar-refractivity contribution in [3.8, 4) is 11.1 Å². The highest BCUT2D eigenvalue weighted by molar-refractivity contribution is 7.09. The lowest BCUT2D eigenvalue weighted by molar-refractivity contribution is -0.120. The van der Waals surface area contributed by atoms with E-state index in [2.05, 4.69) is 27.6 Å². The van der Waals surface area contributed by atoms with E-state index in [9.17, 15) is 4.79 Å². The van der Waals surface area contributed by atoms with Gasteiger partial charge >= 0.3 is 0 Å². The zero-order chi connectivity index (χ0) is 16.8. The Morgan fingerprint density at radius 3 is 2.50 bits per heavy atom. The lowest BCUT2D eigenvalue weighted by atomic mass is 10.0. The molecule has 0 saturated carbocycles. The Hall–Kier alpha value is -2.79. The predicted octanol–water partition coefficient (Wildman–Crippen LogP) is 3.81. The lowest BCUT2D eigenvalue weighted by Crippen LogP contribution is -2.19. The van der Waals surface area contributed by atoms with Gasteiger partial charge in [0.25, 0.3) is 0 Å². The number of amides is 1. The maximum absolute atomic E-state index is 11.8. The van der Waals surface area contributed by atoms with Crippen LogP contribution in [0.15, 0.2) is 65.1 Å². The number of aromatic nitrogens is 1. The van der Waals surface area contributed by atoms with Gasteiger partial charge in [-0.05, 0) is 23.6 Å². The monoisotopic (exact) mass is 335 g/mol. The molecule has 120 valence electrons. The molecule has 3 rings (SSSR count). The molecule has 0 saturated heterocycles. The van der Waals surface area contributed by atoms with E-state index in [1.807, 2.05) is 54.8 Å². The van der Waals surface area contributed by atoms with Gasteiger partial charge in [-0.2, -0.15) is 5.10 Å². The van der Waals surface area contributed by atoms with Gasteiger partial charge in [0, 0.05) is 5.38 Å². The summed E-state index contributed by atoms with van der Waals surface area (Å²) in [6.07, 6.45) is 1.88. The molecule has 0 aliphatic rings. The van der Waals surface area contributed by atoms with E-state index in [0.29, 0.717) is 0 Å². The van der Waals surface area contributed by atoms with Gasteiger partial charge in [0.15, 0.2) is 0 Å². The molecule has 0 radical (unpaired) electrons. The zero-order valence-electron chi connectivity index (χ0n) is 13.3. The predicted molar refractivity (Wildman–Crippen MR) is 98.2 cm³/mol. The third kappa shape index (κ3) is 4.36. The smallest absolute Gasteiger partial charge is 0.246 e. The average molecular weight is 335 g/mol. The van der Waals surface area contributed by atoms with Gasteiger partial charge in [0.2, 0.25) is 5.91 Å². The number of carbonyl (C=O) groups excluding carboxylic acids is 1. The minimum atomic E-state index is -0.169. The quantitative estimate of drug-likeness (QED) is 0.569. The zero-order valence-corrected chi connectivity index (χ0v) is 14.1. The second-order valence-corrected chi connectivity index (χ2v) is 6.38. The summed E-state index contributed by atoms with van der Waals surface area (Å²) in [4.78, 5) is 16.1. The summed E-state index contributed by atoms with van der Waals surface area (Å²) in [6, 6.07) is 18.2. The van der Waals surface area contributed by atoms with Crippen LogP contribution in [-0.2, 0) is 11.2 Å². The number of hydrogen-bond acceptors (Lipinski definition) is 4. The molecular formula is C19H17N3OS. The van der Waals surface area contributed by atoms with E-state index in [1.54, 1.807) is 6.21 Å². The third-order valence-corrected chi connectivity index (χ3v) is 4.25. The first-order chi connectivity index (χ1) is 11.7. The summed E-state index contributed by atoms with van der Waals surface area (Å²) >= 11 is 1.54. The fourth-order valence-electron chi connectivity index (χ4n) is 2.26. The molecule has 1 aromatic heterocycles. The van der Waals surface area contributed by atoms with Crippen molar-refractivity contribution in [3.63, 3.8) is 0 Å². The van der Waals surface area contributed by atoms with Crippen LogP contribution < -0.4 is 5.43 Å². The van der Waals surface area contributed by atoms with E-state index in [4.69, 9.17) is 0 Å². The molecule has 0 aliphatic carbocycles. The number of rotatable bonds is 5. The number of thiazole rings is 1. The molecule has 1 heterocycles. The molecule has 0 aliphatic heterocycles. The first-order valence-electron chi connectivity index (χ1n) is 7.59. The van der Waals surface area contributed by atoms with Crippen LogP contribution >= 0.6 is 11.3 Å². The SMILES string of the molecule is Cc1nc(CC(=O)N/N=C/c2ccc(-c3ccccc3)cc2)cs1. The molecule has 0 bridgehead atoms. The van der Waals surface area contributed by atoms with Crippen LogP contribution in [0.4, 0.5) is 0 Å². The van der Waals surface area contributed by atoms with Crippen molar-refractivity contribution in [2.24, 2.45) is 5.10 Å². The van der Waals surface area contributed by atoms with Gasteiger partial charge < -0.3 is 0 Å². The van der Waals surface area contributed by atoms with Crippen molar-refractivity contribution in [2.75, 3.05) is 0 Å². The van der Waals surface area contributed by atoms with Crippen LogP contribution in [0.2, 0.25) is 0 Å². The van der Waals surface area contributed by atoms with Gasteiger partial charge in [-0.25, -0.2) is 10.4 Å². The molecule has 0 spiro atoms. The number of aryl methyl sites for hydroxylation is 1. The van der Waals surface area contributed by atoms with Crippen molar-refractivity contribution >= 4 is 23.5 Å². The molecule has 0 atom stereocenters. The summed E-state index contributed by atoms with van der Waals surface area (Å²) in [5, 5.41) is 6.85. The van der Waals surface area contributed by atoms with Crippen molar-refractivity contribution in [1.82, 2.24) is 10.4 Å². The van der Waals surface area contributed by atoms with Crippen LogP contribution in [0, 0.1) is 6.92 Å². The Bertz CT molecular complexity index is 839. The van der Waals surface area contributed by atoms with Gasteiger partial charge in [-0.15, -0.1) is 11.3 Å². The first-order valence-corrected chi connectivity index (χ1v) is 8.47. The molecule has 5 heteroatoms. The Morgan fingerprint density at radius 1 is 1.12 bits per heavy atom. The van der Waals surface area contributed by atoms with Crippen molar-refractivity contribution in [3.05, 3.63) is 76.2 Å². The number of hydrogen-bond donors (Lipinski definition) is 1. The molecule has 3 aromatic rings. The third-order valence-electron chi connectivity index (χ3n) is 3.43. The highest BCUT2D eigenvalue weighted by atomic mass is 32.1. The van der Waals surface area contributed by atoms with Crippen LogP contribution in [0.5, 0.6) is 0 Å². The van der Waals surface area contributed by atoms with Crippen molar-refractivity contribution < 1.29 is 4.79 Å². The van der Waals surface area contributed by atoms with Crippen LogP contribution in [0.1, 0.15) is 16.3 Å². The molecule has 24 heavy (non-hydrogen) atoms. The van der Waals surface area contributed by atoms with Crippen molar-refractivity contribution in [2.45, 2.75) is 13.3 Å². The molecule has 1 N–H and O–H groups in total. The summed E-state index contributed by atoms with van der Waals surface area (Å²) in [7, 11) is 0. The number of carbonyl (C=O) groups is 1. The lowest BCUT2D eigenvalue weighted by Gasteiger charge is -2.01.